The van der Waals surface area contributed by atoms with Crippen molar-refractivity contribution in [2.24, 2.45) is 5.10 Å². The zero-order chi connectivity index (χ0) is 18.9. The van der Waals surface area contributed by atoms with Crippen molar-refractivity contribution < 1.29 is 4.79 Å². The van der Waals surface area contributed by atoms with Gasteiger partial charge in [0.1, 0.15) is 5.69 Å². The predicted molar refractivity (Wildman–Crippen MR) is 108 cm³/mol. The number of carbonyl (C=O) groups excluding carboxylic acids is 1. The van der Waals surface area contributed by atoms with Gasteiger partial charge in [-0.15, -0.1) is 0 Å². The summed E-state index contributed by atoms with van der Waals surface area (Å²) in [4.78, 5) is 16.5. The molecule has 1 aliphatic carbocycles. The van der Waals surface area contributed by atoms with E-state index in [9.17, 15) is 4.79 Å². The van der Waals surface area contributed by atoms with E-state index in [4.69, 9.17) is 0 Å². The predicted octanol–water partition coefficient (Wildman–Crippen LogP) is 3.49. The second-order valence-corrected chi connectivity index (χ2v) is 6.73. The molecule has 5 rings (SSSR count). The Balaban J connectivity index is 1.40. The minimum absolute atomic E-state index is 0.350. The molecular weight excluding hydrogens is 350 g/mol. The molecule has 0 aliphatic heterocycles. The average Bonchev–Trinajstić information content (AvgIpc) is 3.38. The first-order valence-electron chi connectivity index (χ1n) is 9.13. The number of hydrazone groups is 1. The summed E-state index contributed by atoms with van der Waals surface area (Å²) >= 11 is 0. The Kier molecular flexibility index (Phi) is 3.94. The van der Waals surface area contributed by atoms with Crippen LogP contribution in [0.25, 0.3) is 22.0 Å². The van der Waals surface area contributed by atoms with Gasteiger partial charge in [-0.25, -0.2) is 5.43 Å². The third-order valence-electron chi connectivity index (χ3n) is 5.03. The summed E-state index contributed by atoms with van der Waals surface area (Å²) < 4.78 is 0. The largest absolute Gasteiger partial charge is 0.289 e. The van der Waals surface area contributed by atoms with Crippen molar-refractivity contribution in [2.75, 3.05) is 0 Å². The van der Waals surface area contributed by atoms with Gasteiger partial charge >= 0.3 is 0 Å². The molecule has 2 N–H and O–H groups in total. The highest BCUT2D eigenvalue weighted by Gasteiger charge is 2.18. The van der Waals surface area contributed by atoms with Gasteiger partial charge in [0.25, 0.3) is 5.91 Å². The van der Waals surface area contributed by atoms with Crippen LogP contribution in [0.1, 0.15) is 27.3 Å². The topological polar surface area (TPSA) is 83.0 Å². The van der Waals surface area contributed by atoms with Crippen LogP contribution in [0, 0.1) is 0 Å². The lowest BCUT2D eigenvalue weighted by molar-refractivity contribution is 0.0950. The fourth-order valence-corrected chi connectivity index (χ4v) is 3.72. The molecule has 0 saturated heterocycles. The first-order chi connectivity index (χ1) is 13.8. The normalized spacial score (nSPS) is 12.7. The maximum Gasteiger partial charge on any atom is 0.289 e. The number of carbonyl (C=O) groups is 1. The number of aryl methyl sites for hydroxylation is 2. The molecule has 6 heteroatoms. The molecule has 0 unspecified atom stereocenters. The van der Waals surface area contributed by atoms with E-state index in [-0.39, 0.29) is 5.91 Å². The van der Waals surface area contributed by atoms with E-state index in [0.29, 0.717) is 11.4 Å². The molecule has 2 heterocycles. The zero-order valence-corrected chi connectivity index (χ0v) is 15.0. The van der Waals surface area contributed by atoms with Crippen molar-refractivity contribution in [2.45, 2.75) is 12.8 Å². The maximum absolute atomic E-state index is 12.3. The molecule has 6 nitrogen and oxygen atoms in total. The van der Waals surface area contributed by atoms with Crippen LogP contribution < -0.4 is 5.43 Å². The third kappa shape index (κ3) is 2.85. The number of nitrogens with one attached hydrogen (secondary N) is 2. The Morgan fingerprint density at radius 3 is 2.82 bits per heavy atom. The minimum Gasteiger partial charge on any atom is -0.272 e. The fraction of sp³-hybridized carbons (Fsp3) is 0.0909. The molecule has 0 radical (unpaired) electrons. The van der Waals surface area contributed by atoms with Gasteiger partial charge in [-0.2, -0.15) is 10.2 Å². The van der Waals surface area contributed by atoms with Crippen LogP contribution in [0.4, 0.5) is 0 Å². The van der Waals surface area contributed by atoms with Gasteiger partial charge in [-0.05, 0) is 52.9 Å². The quantitative estimate of drug-likeness (QED) is 0.428. The number of hydrogen-bond acceptors (Lipinski definition) is 4. The summed E-state index contributed by atoms with van der Waals surface area (Å²) in [6.07, 6.45) is 5.33. The number of nitrogens with zero attached hydrogens (tertiary/aromatic N) is 3. The molecule has 4 aromatic rings. The standard InChI is InChI=1S/C22H17N5O/c28-22(27-24-13-16-5-1-2-11-23-16)20-12-19(25-26-20)17-10-9-15-8-7-14-4-3-6-18(17)21(14)15/h1-6,9-13H,7-8H2,(H,25,26)(H,27,28). The maximum atomic E-state index is 12.3. The van der Waals surface area contributed by atoms with Crippen LogP contribution in [0.3, 0.4) is 0 Å². The fourth-order valence-electron chi connectivity index (χ4n) is 3.72. The number of pyridine rings is 1. The first-order valence-corrected chi connectivity index (χ1v) is 9.13. The van der Waals surface area contributed by atoms with Crippen LogP contribution in [-0.2, 0) is 12.8 Å². The van der Waals surface area contributed by atoms with E-state index in [1.54, 1.807) is 18.3 Å². The van der Waals surface area contributed by atoms with Gasteiger partial charge in [0.05, 0.1) is 17.6 Å². The second kappa shape index (κ2) is 6.74. The van der Waals surface area contributed by atoms with E-state index in [1.165, 1.54) is 28.1 Å². The number of hydrogen-bond donors (Lipinski definition) is 2. The summed E-state index contributed by atoms with van der Waals surface area (Å²) in [6.45, 7) is 0. The molecule has 136 valence electrons. The van der Waals surface area contributed by atoms with Crippen molar-refractivity contribution >= 4 is 22.9 Å². The molecule has 2 aromatic heterocycles. The SMILES string of the molecule is O=C(NN=Cc1ccccn1)c1cc(-c2ccc3c4c(cccc24)CC3)n[nH]1. The lowest BCUT2D eigenvalue weighted by atomic mass is 9.98. The Morgan fingerprint density at radius 1 is 1.07 bits per heavy atom. The first kappa shape index (κ1) is 16.4. The Labute approximate surface area is 161 Å². The summed E-state index contributed by atoms with van der Waals surface area (Å²) in [5, 5.41) is 13.6. The molecule has 2 aromatic carbocycles. The van der Waals surface area contributed by atoms with Gasteiger partial charge in [-0.1, -0.05) is 36.4 Å². The number of benzene rings is 2. The number of H-pyrrole nitrogens is 1. The highest BCUT2D eigenvalue weighted by molar-refractivity contribution is 6.02. The van der Waals surface area contributed by atoms with E-state index < -0.39 is 0 Å². The molecule has 0 fully saturated rings. The summed E-state index contributed by atoms with van der Waals surface area (Å²) in [5.41, 5.74) is 8.05. The van der Waals surface area contributed by atoms with Crippen LogP contribution in [0.5, 0.6) is 0 Å². The Morgan fingerprint density at radius 2 is 1.96 bits per heavy atom. The molecule has 0 atom stereocenters. The van der Waals surface area contributed by atoms with Crippen molar-refractivity contribution in [1.82, 2.24) is 20.6 Å². The molecule has 28 heavy (non-hydrogen) atoms. The molecular formula is C22H17N5O. The smallest absolute Gasteiger partial charge is 0.272 e. The Hall–Kier alpha value is -3.80. The molecule has 0 spiro atoms. The van der Waals surface area contributed by atoms with E-state index in [1.807, 2.05) is 12.1 Å². The lowest BCUT2D eigenvalue weighted by Crippen LogP contribution is -2.18. The van der Waals surface area contributed by atoms with Crippen LogP contribution >= 0.6 is 0 Å². The number of aromatic amines is 1. The van der Waals surface area contributed by atoms with Gasteiger partial charge in [0.15, 0.2) is 0 Å². The van der Waals surface area contributed by atoms with Crippen LogP contribution in [0.15, 0.2) is 65.9 Å². The molecule has 0 bridgehead atoms. The summed E-state index contributed by atoms with van der Waals surface area (Å²) in [6, 6.07) is 17.9. The van der Waals surface area contributed by atoms with E-state index >= 15 is 0 Å². The van der Waals surface area contributed by atoms with Crippen molar-refractivity contribution in [3.63, 3.8) is 0 Å². The highest BCUT2D eigenvalue weighted by Crippen LogP contribution is 2.36. The monoisotopic (exact) mass is 367 g/mol. The van der Waals surface area contributed by atoms with Gasteiger partial charge < -0.3 is 0 Å². The zero-order valence-electron chi connectivity index (χ0n) is 15.0. The number of aromatic nitrogens is 3. The molecule has 0 saturated carbocycles. The third-order valence-corrected chi connectivity index (χ3v) is 5.03. The second-order valence-electron chi connectivity index (χ2n) is 6.73. The van der Waals surface area contributed by atoms with E-state index in [2.05, 4.69) is 56.0 Å². The van der Waals surface area contributed by atoms with E-state index in [0.717, 1.165) is 24.1 Å². The van der Waals surface area contributed by atoms with Gasteiger partial charge in [0.2, 0.25) is 0 Å². The summed E-state index contributed by atoms with van der Waals surface area (Å²) in [5.74, 6) is -0.350. The lowest BCUT2D eigenvalue weighted by Gasteiger charge is -2.06. The van der Waals surface area contributed by atoms with Crippen molar-refractivity contribution in [3.05, 3.63) is 83.3 Å². The number of rotatable bonds is 4. The van der Waals surface area contributed by atoms with Gasteiger partial charge in [-0.3, -0.25) is 14.9 Å². The Bertz CT molecular complexity index is 1200. The van der Waals surface area contributed by atoms with Crippen LogP contribution in [-0.4, -0.2) is 27.3 Å². The highest BCUT2D eigenvalue weighted by atomic mass is 16.2. The minimum atomic E-state index is -0.350. The number of amides is 1. The van der Waals surface area contributed by atoms with Crippen molar-refractivity contribution in [1.29, 1.82) is 0 Å². The van der Waals surface area contributed by atoms with Crippen molar-refractivity contribution in [3.8, 4) is 11.3 Å². The van der Waals surface area contributed by atoms with Crippen LogP contribution in [0.2, 0.25) is 0 Å². The molecule has 1 aliphatic rings. The van der Waals surface area contributed by atoms with Gasteiger partial charge in [0, 0.05) is 11.8 Å². The average molecular weight is 367 g/mol. The summed E-state index contributed by atoms with van der Waals surface area (Å²) in [7, 11) is 0. The molecule has 1 amide bonds.